The summed E-state index contributed by atoms with van der Waals surface area (Å²) in [6, 6.07) is -0.313. The minimum Gasteiger partial charge on any atom is -0.379 e. The van der Waals surface area contributed by atoms with Crippen LogP contribution >= 0.6 is 0 Å². The number of imide groups is 1. The Kier molecular flexibility index (Phi) is 4.68. The lowest BCUT2D eigenvalue weighted by Crippen LogP contribution is -2.40. The van der Waals surface area contributed by atoms with Crippen molar-refractivity contribution in [1.29, 1.82) is 0 Å². The summed E-state index contributed by atoms with van der Waals surface area (Å²) >= 11 is 0. The van der Waals surface area contributed by atoms with E-state index in [2.05, 4.69) is 10.2 Å². The fourth-order valence-corrected chi connectivity index (χ4v) is 2.32. The molecule has 0 aromatic rings. The van der Waals surface area contributed by atoms with Crippen LogP contribution in [-0.2, 0) is 14.3 Å². The van der Waals surface area contributed by atoms with Crippen molar-refractivity contribution in [1.82, 2.24) is 15.1 Å². The summed E-state index contributed by atoms with van der Waals surface area (Å²) in [6.07, 6.45) is 1.29. The van der Waals surface area contributed by atoms with Crippen LogP contribution in [0.2, 0.25) is 0 Å². The zero-order valence-corrected chi connectivity index (χ0v) is 10.9. The summed E-state index contributed by atoms with van der Waals surface area (Å²) in [7, 11) is 1.54. The van der Waals surface area contributed by atoms with Gasteiger partial charge in [-0.15, -0.1) is 0 Å². The number of morpholine rings is 1. The molecule has 2 fully saturated rings. The second-order valence-electron chi connectivity index (χ2n) is 4.81. The molecule has 1 unspecified atom stereocenters. The summed E-state index contributed by atoms with van der Waals surface area (Å²) in [4.78, 5) is 26.5. The molecule has 1 N–H and O–H groups in total. The fourth-order valence-electron chi connectivity index (χ4n) is 2.32. The van der Waals surface area contributed by atoms with Crippen LogP contribution in [0.3, 0.4) is 0 Å². The van der Waals surface area contributed by atoms with Crippen LogP contribution < -0.4 is 5.32 Å². The molecule has 0 saturated carbocycles. The fraction of sp³-hybridized carbons (Fsp3) is 0.833. The Morgan fingerprint density at radius 2 is 2.06 bits per heavy atom. The van der Waals surface area contributed by atoms with E-state index >= 15 is 0 Å². The van der Waals surface area contributed by atoms with Crippen molar-refractivity contribution in [2.24, 2.45) is 0 Å². The van der Waals surface area contributed by atoms with Crippen LogP contribution in [0.1, 0.15) is 12.8 Å². The van der Waals surface area contributed by atoms with Crippen molar-refractivity contribution in [3.8, 4) is 0 Å². The smallest absolute Gasteiger partial charge is 0.246 e. The van der Waals surface area contributed by atoms with Crippen LogP contribution in [0.4, 0.5) is 0 Å². The van der Waals surface area contributed by atoms with Crippen LogP contribution in [0.5, 0.6) is 0 Å². The molecule has 2 rings (SSSR count). The molecule has 6 heteroatoms. The minimum absolute atomic E-state index is 0.0920. The van der Waals surface area contributed by atoms with Gasteiger partial charge in [0.05, 0.1) is 25.7 Å². The molecule has 0 spiro atoms. The van der Waals surface area contributed by atoms with E-state index in [1.807, 2.05) is 0 Å². The van der Waals surface area contributed by atoms with Gasteiger partial charge in [0.2, 0.25) is 11.8 Å². The van der Waals surface area contributed by atoms with Gasteiger partial charge in [0.15, 0.2) is 0 Å². The first kappa shape index (κ1) is 13.5. The molecular formula is C12H21N3O3. The average molecular weight is 255 g/mol. The van der Waals surface area contributed by atoms with Gasteiger partial charge in [-0.1, -0.05) is 0 Å². The molecule has 0 bridgehead atoms. The highest BCUT2D eigenvalue weighted by Crippen LogP contribution is 2.10. The summed E-state index contributed by atoms with van der Waals surface area (Å²) < 4.78 is 5.28. The number of carbonyl (C=O) groups excluding carboxylic acids is 2. The van der Waals surface area contributed by atoms with Crippen molar-refractivity contribution in [3.05, 3.63) is 0 Å². The third-order valence-corrected chi connectivity index (χ3v) is 3.53. The van der Waals surface area contributed by atoms with E-state index in [1.54, 1.807) is 7.05 Å². The first-order valence-electron chi connectivity index (χ1n) is 6.52. The van der Waals surface area contributed by atoms with E-state index < -0.39 is 0 Å². The number of carbonyl (C=O) groups is 2. The molecule has 0 radical (unpaired) electrons. The molecule has 18 heavy (non-hydrogen) atoms. The Hall–Kier alpha value is -0.980. The van der Waals surface area contributed by atoms with Crippen LogP contribution in [-0.4, -0.2) is 74.1 Å². The molecule has 2 amide bonds. The van der Waals surface area contributed by atoms with Crippen molar-refractivity contribution >= 4 is 11.8 Å². The van der Waals surface area contributed by atoms with Crippen molar-refractivity contribution < 1.29 is 14.3 Å². The summed E-state index contributed by atoms with van der Waals surface area (Å²) in [5.41, 5.74) is 0. The van der Waals surface area contributed by atoms with Gasteiger partial charge >= 0.3 is 0 Å². The van der Waals surface area contributed by atoms with Gasteiger partial charge in [-0.2, -0.15) is 0 Å². The van der Waals surface area contributed by atoms with E-state index in [1.165, 1.54) is 4.90 Å². The van der Waals surface area contributed by atoms with Gasteiger partial charge in [-0.3, -0.25) is 19.4 Å². The molecule has 2 aliphatic rings. The maximum atomic E-state index is 11.6. The highest BCUT2D eigenvalue weighted by Gasteiger charge is 2.35. The average Bonchev–Trinajstić information content (AvgIpc) is 2.64. The van der Waals surface area contributed by atoms with E-state index in [-0.39, 0.29) is 17.9 Å². The molecule has 0 aromatic carbocycles. The van der Waals surface area contributed by atoms with E-state index in [9.17, 15) is 9.59 Å². The highest BCUT2D eigenvalue weighted by molar-refractivity contribution is 6.05. The topological polar surface area (TPSA) is 61.9 Å². The molecule has 2 saturated heterocycles. The largest absolute Gasteiger partial charge is 0.379 e. The first-order valence-corrected chi connectivity index (χ1v) is 6.52. The van der Waals surface area contributed by atoms with Gasteiger partial charge in [0.25, 0.3) is 0 Å². The van der Waals surface area contributed by atoms with Crippen molar-refractivity contribution in [2.75, 3.05) is 46.4 Å². The number of amides is 2. The quantitative estimate of drug-likeness (QED) is 0.507. The Bertz CT molecular complexity index is 316. The standard InChI is InChI=1S/C12H21N3O3/c1-14-11(16)9-10(12(14)17)13-3-2-4-15-5-7-18-8-6-15/h10,13H,2-9H2,1H3. The molecule has 0 aliphatic carbocycles. The van der Waals surface area contributed by atoms with Gasteiger partial charge in [-0.25, -0.2) is 0 Å². The molecule has 102 valence electrons. The van der Waals surface area contributed by atoms with Crippen LogP contribution in [0, 0.1) is 0 Å². The SMILES string of the molecule is CN1C(=O)CC(NCCCN2CCOCC2)C1=O. The molecule has 2 heterocycles. The lowest BCUT2D eigenvalue weighted by atomic mass is 10.2. The summed E-state index contributed by atoms with van der Waals surface area (Å²) in [5.74, 6) is -0.197. The van der Waals surface area contributed by atoms with Gasteiger partial charge in [0.1, 0.15) is 0 Å². The van der Waals surface area contributed by atoms with Crippen LogP contribution in [0.15, 0.2) is 0 Å². The van der Waals surface area contributed by atoms with E-state index in [0.29, 0.717) is 6.42 Å². The number of nitrogens with one attached hydrogen (secondary N) is 1. The van der Waals surface area contributed by atoms with Crippen molar-refractivity contribution in [3.63, 3.8) is 0 Å². The Morgan fingerprint density at radius 3 is 2.67 bits per heavy atom. The second-order valence-corrected chi connectivity index (χ2v) is 4.81. The Morgan fingerprint density at radius 1 is 1.33 bits per heavy atom. The zero-order chi connectivity index (χ0) is 13.0. The predicted molar refractivity (Wildman–Crippen MR) is 66.1 cm³/mol. The number of likely N-dealkylation sites (N-methyl/N-ethyl adjacent to an activating group) is 1. The number of hydrogen-bond acceptors (Lipinski definition) is 5. The maximum absolute atomic E-state index is 11.6. The van der Waals surface area contributed by atoms with E-state index in [4.69, 9.17) is 4.74 Å². The maximum Gasteiger partial charge on any atom is 0.246 e. The third kappa shape index (κ3) is 3.28. The predicted octanol–water partition coefficient (Wildman–Crippen LogP) is -0.944. The molecule has 0 aromatic heterocycles. The highest BCUT2D eigenvalue weighted by atomic mass is 16.5. The molecule has 6 nitrogen and oxygen atoms in total. The Balaban J connectivity index is 1.61. The molecule has 1 atom stereocenters. The minimum atomic E-state index is -0.313. The first-order chi connectivity index (χ1) is 8.68. The van der Waals surface area contributed by atoms with Crippen molar-refractivity contribution in [2.45, 2.75) is 18.9 Å². The molecule has 2 aliphatic heterocycles. The second kappa shape index (κ2) is 6.26. The lowest BCUT2D eigenvalue weighted by Gasteiger charge is -2.26. The van der Waals surface area contributed by atoms with Crippen LogP contribution in [0.25, 0.3) is 0 Å². The normalized spacial score (nSPS) is 26.1. The van der Waals surface area contributed by atoms with Gasteiger partial charge in [0, 0.05) is 20.1 Å². The summed E-state index contributed by atoms with van der Waals surface area (Å²) in [6.45, 7) is 5.39. The summed E-state index contributed by atoms with van der Waals surface area (Å²) in [5, 5.41) is 3.16. The third-order valence-electron chi connectivity index (χ3n) is 3.53. The number of ether oxygens (including phenoxy) is 1. The Labute approximate surface area is 107 Å². The number of rotatable bonds is 5. The monoisotopic (exact) mass is 255 g/mol. The zero-order valence-electron chi connectivity index (χ0n) is 10.9. The number of likely N-dealkylation sites (tertiary alicyclic amines) is 1. The van der Waals surface area contributed by atoms with E-state index in [0.717, 1.165) is 45.8 Å². The molecular weight excluding hydrogens is 234 g/mol. The lowest BCUT2D eigenvalue weighted by molar-refractivity contribution is -0.137. The van der Waals surface area contributed by atoms with Gasteiger partial charge < -0.3 is 10.1 Å². The van der Waals surface area contributed by atoms with Gasteiger partial charge in [-0.05, 0) is 19.5 Å². The number of nitrogens with zero attached hydrogens (tertiary/aromatic N) is 2. The number of hydrogen-bond donors (Lipinski definition) is 1.